The predicted molar refractivity (Wildman–Crippen MR) is 89.7 cm³/mol. The largest absolute Gasteiger partial charge is 0.365 e. The second kappa shape index (κ2) is 7.33. The molecular formula is C14H14Cl2FN3O3S. The van der Waals surface area contributed by atoms with Crippen LogP contribution in [0, 0.1) is 11.2 Å². The number of pyridine rings is 1. The third-order valence-electron chi connectivity index (χ3n) is 3.12. The van der Waals surface area contributed by atoms with E-state index in [1.807, 2.05) is 0 Å². The third kappa shape index (κ3) is 4.34. The lowest BCUT2D eigenvalue weighted by atomic mass is 10.2. The van der Waals surface area contributed by atoms with Crippen LogP contribution in [0.15, 0.2) is 35.4 Å². The first-order valence-corrected chi connectivity index (χ1v) is 8.59. The molecular weight excluding hydrogens is 380 g/mol. The molecule has 0 aliphatic heterocycles. The minimum atomic E-state index is -3.72. The van der Waals surface area contributed by atoms with Crippen LogP contribution in [0.25, 0.3) is 0 Å². The number of carbonyl (C=O) groups is 1. The number of halogens is 3. The van der Waals surface area contributed by atoms with Gasteiger partial charge in [0.1, 0.15) is 16.2 Å². The molecule has 2 rings (SSSR count). The van der Waals surface area contributed by atoms with Crippen molar-refractivity contribution in [3.8, 4) is 0 Å². The number of rotatable bonds is 4. The fourth-order valence-corrected chi connectivity index (χ4v) is 3.07. The molecule has 0 aliphatic rings. The molecule has 0 bridgehead atoms. The number of nitrogens with two attached hydrogens (primary N) is 1. The molecule has 1 aromatic carbocycles. The Balaban J connectivity index is 0.00000288. The lowest BCUT2D eigenvalue weighted by Crippen LogP contribution is -2.29. The number of aromatic nitrogens is 1. The summed E-state index contributed by atoms with van der Waals surface area (Å²) >= 11 is 5.89. The topological polar surface area (TPSA) is 106 Å². The van der Waals surface area contributed by atoms with E-state index >= 15 is 0 Å². The average Bonchev–Trinajstić information content (AvgIpc) is 2.43. The quantitative estimate of drug-likeness (QED) is 0.825. The van der Waals surface area contributed by atoms with E-state index in [-0.39, 0.29) is 35.0 Å². The molecule has 0 aliphatic carbocycles. The van der Waals surface area contributed by atoms with Crippen LogP contribution in [0.2, 0.25) is 5.02 Å². The molecule has 0 unspecified atom stereocenters. The van der Waals surface area contributed by atoms with Crippen LogP contribution in [0.1, 0.15) is 15.9 Å². The van der Waals surface area contributed by atoms with E-state index in [9.17, 15) is 17.6 Å². The molecule has 24 heavy (non-hydrogen) atoms. The second-order valence-electron chi connectivity index (χ2n) is 4.95. The van der Waals surface area contributed by atoms with E-state index < -0.39 is 26.5 Å². The van der Waals surface area contributed by atoms with Crippen molar-refractivity contribution in [3.05, 3.63) is 57.9 Å². The van der Waals surface area contributed by atoms with E-state index in [1.54, 1.807) is 0 Å². The van der Waals surface area contributed by atoms with Gasteiger partial charge in [-0.05, 0) is 23.8 Å². The van der Waals surface area contributed by atoms with Gasteiger partial charge in [-0.25, -0.2) is 12.8 Å². The summed E-state index contributed by atoms with van der Waals surface area (Å²) < 4.78 is 38.0. The minimum absolute atomic E-state index is 0. The van der Waals surface area contributed by atoms with Crippen molar-refractivity contribution in [3.63, 3.8) is 0 Å². The zero-order valence-corrected chi connectivity index (χ0v) is 14.8. The highest BCUT2D eigenvalue weighted by Crippen LogP contribution is 2.17. The number of hydrogen-bond acceptors (Lipinski definition) is 4. The Labute approximate surface area is 148 Å². The number of primary amides is 1. The monoisotopic (exact) mass is 393 g/mol. The third-order valence-corrected chi connectivity index (χ3v) is 4.44. The molecule has 0 radical (unpaired) electrons. The zero-order chi connectivity index (χ0) is 17.4. The zero-order valence-electron chi connectivity index (χ0n) is 12.4. The van der Waals surface area contributed by atoms with Crippen LogP contribution in [0.3, 0.4) is 0 Å². The minimum Gasteiger partial charge on any atom is -0.365 e. The number of benzene rings is 1. The van der Waals surface area contributed by atoms with Crippen molar-refractivity contribution >= 4 is 39.8 Å². The van der Waals surface area contributed by atoms with E-state index in [0.717, 1.165) is 12.3 Å². The molecule has 1 amide bonds. The summed E-state index contributed by atoms with van der Waals surface area (Å²) in [4.78, 5) is 10.9. The van der Waals surface area contributed by atoms with Gasteiger partial charge in [0.15, 0.2) is 9.84 Å². The Morgan fingerprint density at radius 3 is 2.54 bits per heavy atom. The second-order valence-corrected chi connectivity index (χ2v) is 7.37. The lowest BCUT2D eigenvalue weighted by Gasteiger charge is -2.11. The molecule has 10 heteroatoms. The maximum atomic E-state index is 13.6. The van der Waals surface area contributed by atoms with Gasteiger partial charge in [-0.2, -0.15) is 0 Å². The molecule has 0 saturated carbocycles. The molecule has 0 atom stereocenters. The summed E-state index contributed by atoms with van der Waals surface area (Å²) in [5.41, 5.74) is 5.38. The molecule has 2 aromatic rings. The molecule has 1 heterocycles. The number of sulfone groups is 1. The Bertz CT molecular complexity index is 958. The standard InChI is InChI=1S/C14H13ClFN3O3S.ClH/c1-23(21,22)12-4-8(2-3-11(12)16)6-19-7-9(15)5-10(13(19)17)14(18)20;/h2-5,7,17H,6H2,1H3,(H2,18,20);1H. The smallest absolute Gasteiger partial charge is 0.252 e. The van der Waals surface area contributed by atoms with Crippen LogP contribution >= 0.6 is 24.0 Å². The van der Waals surface area contributed by atoms with Gasteiger partial charge in [0.05, 0.1) is 10.6 Å². The normalized spacial score (nSPS) is 11.0. The van der Waals surface area contributed by atoms with Gasteiger partial charge in [0.25, 0.3) is 5.91 Å². The van der Waals surface area contributed by atoms with E-state index in [0.29, 0.717) is 5.56 Å². The average molecular weight is 394 g/mol. The van der Waals surface area contributed by atoms with Crippen molar-refractivity contribution in [2.75, 3.05) is 6.26 Å². The fraction of sp³-hybridized carbons (Fsp3) is 0.143. The summed E-state index contributed by atoms with van der Waals surface area (Å²) in [7, 11) is -3.72. The molecule has 6 nitrogen and oxygen atoms in total. The lowest BCUT2D eigenvalue weighted by molar-refractivity contribution is 0.0997. The van der Waals surface area contributed by atoms with Gasteiger partial charge >= 0.3 is 0 Å². The summed E-state index contributed by atoms with van der Waals surface area (Å²) in [5, 5.41) is 8.15. The summed E-state index contributed by atoms with van der Waals surface area (Å²) in [6, 6.07) is 4.88. The highest BCUT2D eigenvalue weighted by molar-refractivity contribution is 7.90. The Morgan fingerprint density at radius 2 is 2.00 bits per heavy atom. The highest BCUT2D eigenvalue weighted by Gasteiger charge is 2.15. The Hall–Kier alpha value is -1.90. The first-order valence-electron chi connectivity index (χ1n) is 6.32. The highest BCUT2D eigenvalue weighted by atomic mass is 35.5. The van der Waals surface area contributed by atoms with Gasteiger partial charge in [0.2, 0.25) is 0 Å². The van der Waals surface area contributed by atoms with Crippen molar-refractivity contribution in [2.24, 2.45) is 5.73 Å². The van der Waals surface area contributed by atoms with Gasteiger partial charge in [-0.15, -0.1) is 12.4 Å². The molecule has 0 spiro atoms. The van der Waals surface area contributed by atoms with E-state index in [1.165, 1.54) is 29.0 Å². The van der Waals surface area contributed by atoms with Crippen LogP contribution in [0.4, 0.5) is 4.39 Å². The maximum Gasteiger partial charge on any atom is 0.252 e. The van der Waals surface area contributed by atoms with Crippen LogP contribution in [0.5, 0.6) is 0 Å². The van der Waals surface area contributed by atoms with E-state index in [2.05, 4.69) is 0 Å². The molecule has 0 fully saturated rings. The van der Waals surface area contributed by atoms with Crippen LogP contribution in [-0.4, -0.2) is 25.1 Å². The van der Waals surface area contributed by atoms with Crippen molar-refractivity contribution in [1.82, 2.24) is 4.57 Å². The first kappa shape index (κ1) is 20.1. The van der Waals surface area contributed by atoms with Crippen LogP contribution in [-0.2, 0) is 16.4 Å². The van der Waals surface area contributed by atoms with Gasteiger partial charge in [0, 0.05) is 19.0 Å². The first-order chi connectivity index (χ1) is 10.6. The van der Waals surface area contributed by atoms with Crippen molar-refractivity contribution < 1.29 is 17.6 Å². The number of nitrogens with zero attached hydrogens (tertiary/aromatic N) is 1. The SMILES string of the molecule is CS(=O)(=O)c1cc(Cn2cc(Cl)cc(C(N)=O)c2=N)ccc1F.Cl. The fourth-order valence-electron chi connectivity index (χ4n) is 2.05. The predicted octanol–water partition coefficient (Wildman–Crippen LogP) is 1.73. The van der Waals surface area contributed by atoms with Gasteiger partial charge < -0.3 is 10.3 Å². The van der Waals surface area contributed by atoms with Crippen molar-refractivity contribution in [2.45, 2.75) is 11.4 Å². The number of amides is 1. The number of nitrogens with one attached hydrogen (secondary N) is 1. The van der Waals surface area contributed by atoms with Crippen LogP contribution < -0.4 is 11.2 Å². The molecule has 1 aromatic heterocycles. The maximum absolute atomic E-state index is 13.6. The van der Waals surface area contributed by atoms with E-state index in [4.69, 9.17) is 22.7 Å². The summed E-state index contributed by atoms with van der Waals surface area (Å²) in [6.07, 6.45) is 2.31. The Kier molecular flexibility index (Phi) is 6.15. The summed E-state index contributed by atoms with van der Waals surface area (Å²) in [5.74, 6) is -1.65. The molecule has 0 saturated heterocycles. The van der Waals surface area contributed by atoms with Gasteiger partial charge in [-0.1, -0.05) is 17.7 Å². The summed E-state index contributed by atoms with van der Waals surface area (Å²) in [6.45, 7) is 0.0302. The number of carbonyl (C=O) groups excluding carboxylic acids is 1. The molecule has 130 valence electrons. The molecule has 3 N–H and O–H groups in total. The Morgan fingerprint density at radius 1 is 1.38 bits per heavy atom. The number of hydrogen-bond donors (Lipinski definition) is 2. The van der Waals surface area contributed by atoms with Gasteiger partial charge in [-0.3, -0.25) is 10.2 Å². The van der Waals surface area contributed by atoms with Crippen molar-refractivity contribution in [1.29, 1.82) is 5.41 Å².